The van der Waals surface area contributed by atoms with E-state index in [0.29, 0.717) is 18.9 Å². The number of carbonyl (C=O) groups is 2. The maximum Gasteiger partial charge on any atom is 0.249 e. The second-order valence-corrected chi connectivity index (χ2v) is 7.53. The second-order valence-electron chi connectivity index (χ2n) is 7.53. The molecule has 0 unspecified atom stereocenters. The van der Waals surface area contributed by atoms with E-state index in [1.807, 2.05) is 53.4 Å². The molecular weight excluding hydrogens is 352 g/mol. The molecule has 5 heteroatoms. The molecule has 1 atom stereocenters. The van der Waals surface area contributed by atoms with Gasteiger partial charge in [-0.05, 0) is 42.5 Å². The molecule has 0 spiro atoms. The molecule has 2 aromatic rings. The van der Waals surface area contributed by atoms with Crippen LogP contribution in [0.15, 0.2) is 54.6 Å². The van der Waals surface area contributed by atoms with Crippen molar-refractivity contribution in [3.63, 3.8) is 0 Å². The predicted molar refractivity (Wildman–Crippen MR) is 110 cm³/mol. The van der Waals surface area contributed by atoms with Crippen molar-refractivity contribution in [1.29, 1.82) is 0 Å². The molecule has 1 N–H and O–H groups in total. The van der Waals surface area contributed by atoms with Crippen molar-refractivity contribution in [2.45, 2.75) is 39.2 Å². The summed E-state index contributed by atoms with van der Waals surface area (Å²) in [6.45, 7) is 5.07. The normalized spacial score (nSPS) is 13.9. The number of hydrogen-bond donors (Lipinski definition) is 1. The van der Waals surface area contributed by atoms with Gasteiger partial charge in [-0.3, -0.25) is 9.59 Å². The van der Waals surface area contributed by atoms with Gasteiger partial charge in [0.15, 0.2) is 0 Å². The minimum absolute atomic E-state index is 0.0315. The number of nitrogens with one attached hydrogen (secondary N) is 1. The van der Waals surface area contributed by atoms with Gasteiger partial charge in [0, 0.05) is 12.2 Å². The third kappa shape index (κ3) is 5.12. The fourth-order valence-electron chi connectivity index (χ4n) is 3.49. The Bertz CT molecular complexity index is 805. The molecule has 2 aromatic carbocycles. The average molecular weight is 380 g/mol. The smallest absolute Gasteiger partial charge is 0.249 e. The molecule has 1 aliphatic heterocycles. The Balaban J connectivity index is 1.59. The molecule has 0 saturated heterocycles. The lowest BCUT2D eigenvalue weighted by atomic mass is 10.0. The van der Waals surface area contributed by atoms with Crippen LogP contribution >= 0.6 is 0 Å². The van der Waals surface area contributed by atoms with E-state index in [2.05, 4.69) is 25.2 Å². The summed E-state index contributed by atoms with van der Waals surface area (Å²) >= 11 is 0. The maximum atomic E-state index is 13.2. The van der Waals surface area contributed by atoms with E-state index in [0.717, 1.165) is 17.9 Å². The molecule has 3 rings (SSSR count). The van der Waals surface area contributed by atoms with Crippen LogP contribution in [0.3, 0.4) is 0 Å². The zero-order chi connectivity index (χ0) is 19.9. The molecule has 148 valence electrons. The van der Waals surface area contributed by atoms with Gasteiger partial charge in [0.25, 0.3) is 0 Å². The van der Waals surface area contributed by atoms with E-state index in [-0.39, 0.29) is 24.8 Å². The number of benzene rings is 2. The van der Waals surface area contributed by atoms with Crippen LogP contribution in [0.25, 0.3) is 0 Å². The van der Waals surface area contributed by atoms with Crippen LogP contribution in [0.1, 0.15) is 32.3 Å². The Labute approximate surface area is 166 Å². The summed E-state index contributed by atoms with van der Waals surface area (Å²) in [7, 11) is 0. The van der Waals surface area contributed by atoms with Crippen molar-refractivity contribution in [2.24, 2.45) is 5.92 Å². The summed E-state index contributed by atoms with van der Waals surface area (Å²) in [6, 6.07) is 16.9. The number of hydrogen-bond acceptors (Lipinski definition) is 3. The first-order chi connectivity index (χ1) is 13.5. The summed E-state index contributed by atoms with van der Waals surface area (Å²) in [5.74, 6) is 0.838. The fraction of sp³-hybridized carbons (Fsp3) is 0.391. The van der Waals surface area contributed by atoms with Gasteiger partial charge in [-0.1, -0.05) is 50.2 Å². The van der Waals surface area contributed by atoms with Crippen molar-refractivity contribution >= 4 is 17.5 Å². The highest BCUT2D eigenvalue weighted by Crippen LogP contribution is 2.28. The van der Waals surface area contributed by atoms with Gasteiger partial charge in [0.1, 0.15) is 11.8 Å². The summed E-state index contributed by atoms with van der Waals surface area (Å²) in [5.41, 5.74) is 2.14. The first kappa shape index (κ1) is 19.9. The van der Waals surface area contributed by atoms with Crippen LogP contribution in [-0.4, -0.2) is 31.0 Å². The topological polar surface area (TPSA) is 58.6 Å². The van der Waals surface area contributed by atoms with Crippen molar-refractivity contribution in [3.8, 4) is 5.75 Å². The number of amides is 2. The molecule has 0 aromatic heterocycles. The van der Waals surface area contributed by atoms with Gasteiger partial charge >= 0.3 is 0 Å². The highest BCUT2D eigenvalue weighted by atomic mass is 16.5. The van der Waals surface area contributed by atoms with E-state index in [4.69, 9.17) is 4.74 Å². The first-order valence-electron chi connectivity index (χ1n) is 9.91. The zero-order valence-corrected chi connectivity index (χ0v) is 16.6. The van der Waals surface area contributed by atoms with Gasteiger partial charge < -0.3 is 15.0 Å². The SMILES string of the molecule is CC(C)C[C@H](NC(=O)CCOc1ccccc1)C(=O)N1CCc2ccccc21. The molecule has 1 aliphatic rings. The lowest BCUT2D eigenvalue weighted by molar-refractivity contribution is -0.128. The molecule has 28 heavy (non-hydrogen) atoms. The van der Waals surface area contributed by atoms with E-state index < -0.39 is 6.04 Å². The van der Waals surface area contributed by atoms with Crippen LogP contribution < -0.4 is 15.0 Å². The Morgan fingerprint density at radius 1 is 1.07 bits per heavy atom. The van der Waals surface area contributed by atoms with Crippen LogP contribution in [0, 0.1) is 5.92 Å². The Hall–Kier alpha value is -2.82. The van der Waals surface area contributed by atoms with Crippen molar-refractivity contribution in [1.82, 2.24) is 5.32 Å². The van der Waals surface area contributed by atoms with Gasteiger partial charge in [0.05, 0.1) is 13.0 Å². The molecule has 0 fully saturated rings. The number of nitrogens with zero attached hydrogens (tertiary/aromatic N) is 1. The Morgan fingerprint density at radius 3 is 2.54 bits per heavy atom. The van der Waals surface area contributed by atoms with Crippen molar-refractivity contribution in [3.05, 3.63) is 60.2 Å². The van der Waals surface area contributed by atoms with Gasteiger partial charge in [-0.15, -0.1) is 0 Å². The zero-order valence-electron chi connectivity index (χ0n) is 16.6. The monoisotopic (exact) mass is 380 g/mol. The molecule has 2 amide bonds. The third-order valence-corrected chi connectivity index (χ3v) is 4.83. The summed E-state index contributed by atoms with van der Waals surface area (Å²) < 4.78 is 5.59. The predicted octanol–water partition coefficient (Wildman–Crippen LogP) is 3.58. The average Bonchev–Trinajstić information content (AvgIpc) is 3.11. The van der Waals surface area contributed by atoms with E-state index in [9.17, 15) is 9.59 Å². The quantitative estimate of drug-likeness (QED) is 0.762. The molecule has 0 aliphatic carbocycles. The van der Waals surface area contributed by atoms with Crippen LogP contribution in [0.5, 0.6) is 5.75 Å². The Kier molecular flexibility index (Phi) is 6.69. The standard InChI is InChI=1S/C23H28N2O3/c1-17(2)16-20(23(27)25-14-12-18-8-6-7-11-21(18)25)24-22(26)13-15-28-19-9-4-3-5-10-19/h3-11,17,20H,12-16H2,1-2H3,(H,24,26)/t20-/m0/s1. The van der Waals surface area contributed by atoms with Crippen LogP contribution in [-0.2, 0) is 16.0 Å². The maximum absolute atomic E-state index is 13.2. The van der Waals surface area contributed by atoms with Gasteiger partial charge in [-0.25, -0.2) is 0 Å². The number of ether oxygens (including phenoxy) is 1. The van der Waals surface area contributed by atoms with Crippen LogP contribution in [0.4, 0.5) is 5.69 Å². The summed E-state index contributed by atoms with van der Waals surface area (Å²) in [4.78, 5) is 27.4. The molecule has 0 saturated carbocycles. The second kappa shape index (κ2) is 9.40. The number of fused-ring (bicyclic) bond motifs is 1. The summed E-state index contributed by atoms with van der Waals surface area (Å²) in [5, 5.41) is 2.93. The van der Waals surface area contributed by atoms with Crippen molar-refractivity contribution in [2.75, 3.05) is 18.1 Å². The lowest BCUT2D eigenvalue weighted by Crippen LogP contribution is -2.49. The van der Waals surface area contributed by atoms with Gasteiger partial charge in [0.2, 0.25) is 11.8 Å². The van der Waals surface area contributed by atoms with Crippen LogP contribution in [0.2, 0.25) is 0 Å². The molecule has 1 heterocycles. The highest BCUT2D eigenvalue weighted by Gasteiger charge is 2.31. The number of rotatable bonds is 8. The summed E-state index contributed by atoms with van der Waals surface area (Å²) in [6.07, 6.45) is 1.69. The lowest BCUT2D eigenvalue weighted by Gasteiger charge is -2.26. The van der Waals surface area contributed by atoms with E-state index in [1.165, 1.54) is 5.56 Å². The Morgan fingerprint density at radius 2 is 1.79 bits per heavy atom. The first-order valence-corrected chi connectivity index (χ1v) is 9.91. The number of anilines is 1. The van der Waals surface area contributed by atoms with E-state index in [1.54, 1.807) is 0 Å². The third-order valence-electron chi connectivity index (χ3n) is 4.83. The molecule has 0 radical (unpaired) electrons. The van der Waals surface area contributed by atoms with E-state index >= 15 is 0 Å². The molecular formula is C23H28N2O3. The number of para-hydroxylation sites is 2. The molecule has 0 bridgehead atoms. The number of carbonyl (C=O) groups excluding carboxylic acids is 2. The highest BCUT2D eigenvalue weighted by molar-refractivity contribution is 6.00. The van der Waals surface area contributed by atoms with Crippen molar-refractivity contribution < 1.29 is 14.3 Å². The van der Waals surface area contributed by atoms with Gasteiger partial charge in [-0.2, -0.15) is 0 Å². The fourth-order valence-corrected chi connectivity index (χ4v) is 3.49. The molecule has 5 nitrogen and oxygen atoms in total. The minimum Gasteiger partial charge on any atom is -0.493 e. The minimum atomic E-state index is -0.518. The largest absolute Gasteiger partial charge is 0.493 e.